The van der Waals surface area contributed by atoms with Gasteiger partial charge in [-0.1, -0.05) is 17.7 Å². The van der Waals surface area contributed by atoms with E-state index in [0.29, 0.717) is 6.61 Å². The van der Waals surface area contributed by atoms with E-state index in [4.69, 9.17) is 16.3 Å². The van der Waals surface area contributed by atoms with E-state index in [1.165, 1.54) is 0 Å². The molecule has 1 aliphatic heterocycles. The molecule has 0 saturated carbocycles. The molecule has 110 valence electrons. The molecule has 0 N–H and O–H groups in total. The van der Waals surface area contributed by atoms with E-state index in [1.54, 1.807) is 0 Å². The lowest BCUT2D eigenvalue weighted by atomic mass is 10.2. The number of carbonyl (C=O) groups is 1. The molecule has 20 heavy (non-hydrogen) atoms. The molecular formula is C15H21ClN2O2. The highest BCUT2D eigenvalue weighted by Crippen LogP contribution is 2.21. The summed E-state index contributed by atoms with van der Waals surface area (Å²) in [6.45, 7) is 7.38. The molecular weight excluding hydrogens is 276 g/mol. The third-order valence-corrected chi connectivity index (χ3v) is 3.76. The van der Waals surface area contributed by atoms with E-state index in [0.717, 1.165) is 36.9 Å². The highest BCUT2D eigenvalue weighted by Gasteiger charge is 2.25. The summed E-state index contributed by atoms with van der Waals surface area (Å²) in [5.41, 5.74) is 1.11. The van der Waals surface area contributed by atoms with Crippen LogP contribution in [0.15, 0.2) is 24.3 Å². The average Bonchev–Trinajstić information content (AvgIpc) is 2.47. The van der Waals surface area contributed by atoms with Crippen LogP contribution >= 0.6 is 11.6 Å². The van der Waals surface area contributed by atoms with Crippen LogP contribution in [-0.4, -0.2) is 49.7 Å². The topological polar surface area (TPSA) is 32.8 Å². The number of piperazine rings is 1. The van der Waals surface area contributed by atoms with Crippen molar-refractivity contribution in [3.63, 3.8) is 0 Å². The van der Waals surface area contributed by atoms with Gasteiger partial charge >= 0.3 is 0 Å². The van der Waals surface area contributed by atoms with Crippen molar-refractivity contribution in [1.82, 2.24) is 4.90 Å². The quantitative estimate of drug-likeness (QED) is 0.855. The molecule has 1 aliphatic rings. The number of carbonyl (C=O) groups excluding carboxylic acids is 1. The molecule has 0 aromatic heterocycles. The van der Waals surface area contributed by atoms with Crippen LogP contribution in [0, 0.1) is 0 Å². The molecule has 1 atom stereocenters. The van der Waals surface area contributed by atoms with Crippen LogP contribution in [0.3, 0.4) is 0 Å². The zero-order valence-electron chi connectivity index (χ0n) is 12.0. The first-order valence-corrected chi connectivity index (χ1v) is 7.40. The van der Waals surface area contributed by atoms with Gasteiger partial charge in [0.2, 0.25) is 0 Å². The molecule has 1 aromatic carbocycles. The normalized spacial score (nSPS) is 17.1. The lowest BCUT2D eigenvalue weighted by molar-refractivity contribution is -0.142. The largest absolute Gasteiger partial charge is 0.369 e. The lowest BCUT2D eigenvalue weighted by Crippen LogP contribution is -2.51. The Morgan fingerprint density at radius 2 is 2.05 bits per heavy atom. The Hall–Kier alpha value is -1.26. The molecule has 1 heterocycles. The lowest BCUT2D eigenvalue weighted by Gasteiger charge is -2.37. The zero-order chi connectivity index (χ0) is 14.5. The first kappa shape index (κ1) is 15.1. The number of nitrogens with zero attached hydrogens (tertiary/aromatic N) is 2. The number of amides is 1. The Kier molecular flexibility index (Phi) is 5.26. The van der Waals surface area contributed by atoms with Crippen LogP contribution in [0.2, 0.25) is 5.02 Å². The van der Waals surface area contributed by atoms with Crippen molar-refractivity contribution in [3.05, 3.63) is 29.3 Å². The molecule has 0 radical (unpaired) electrons. The van der Waals surface area contributed by atoms with E-state index in [-0.39, 0.29) is 12.0 Å². The van der Waals surface area contributed by atoms with Gasteiger partial charge in [-0.15, -0.1) is 0 Å². The molecule has 1 saturated heterocycles. The van der Waals surface area contributed by atoms with E-state index >= 15 is 0 Å². The number of rotatable bonds is 4. The van der Waals surface area contributed by atoms with Crippen LogP contribution in [0.4, 0.5) is 5.69 Å². The van der Waals surface area contributed by atoms with Crippen molar-refractivity contribution < 1.29 is 9.53 Å². The van der Waals surface area contributed by atoms with Crippen molar-refractivity contribution in [2.24, 2.45) is 0 Å². The Morgan fingerprint density at radius 3 is 2.65 bits per heavy atom. The predicted molar refractivity (Wildman–Crippen MR) is 81.3 cm³/mol. The van der Waals surface area contributed by atoms with Gasteiger partial charge in [-0.25, -0.2) is 0 Å². The molecule has 1 fully saturated rings. The standard InChI is InChI=1S/C15H21ClN2O2/c1-3-20-12(2)15(19)18-9-7-17(8-10-18)14-6-4-5-13(16)11-14/h4-6,11-12H,3,7-10H2,1-2H3. The van der Waals surface area contributed by atoms with E-state index in [9.17, 15) is 4.79 Å². The van der Waals surface area contributed by atoms with Crippen molar-refractivity contribution in [1.29, 1.82) is 0 Å². The summed E-state index contributed by atoms with van der Waals surface area (Å²) in [5, 5.41) is 0.742. The van der Waals surface area contributed by atoms with Gasteiger partial charge in [-0.3, -0.25) is 4.79 Å². The second-order valence-corrected chi connectivity index (χ2v) is 5.33. The minimum Gasteiger partial charge on any atom is -0.369 e. The molecule has 0 aliphatic carbocycles. The van der Waals surface area contributed by atoms with Crippen LogP contribution in [0.1, 0.15) is 13.8 Å². The summed E-state index contributed by atoms with van der Waals surface area (Å²) in [4.78, 5) is 16.3. The molecule has 5 heteroatoms. The van der Waals surface area contributed by atoms with Gasteiger partial charge < -0.3 is 14.5 Å². The van der Waals surface area contributed by atoms with Gasteiger partial charge in [0.15, 0.2) is 0 Å². The molecule has 0 spiro atoms. The fourth-order valence-corrected chi connectivity index (χ4v) is 2.62. The molecule has 1 unspecified atom stereocenters. The first-order valence-electron chi connectivity index (χ1n) is 7.02. The summed E-state index contributed by atoms with van der Waals surface area (Å²) in [6.07, 6.45) is -0.349. The Morgan fingerprint density at radius 1 is 1.35 bits per heavy atom. The van der Waals surface area contributed by atoms with Crippen LogP contribution in [-0.2, 0) is 9.53 Å². The molecule has 4 nitrogen and oxygen atoms in total. The first-order chi connectivity index (χ1) is 9.61. The predicted octanol–water partition coefficient (Wildman–Crippen LogP) is 2.41. The monoisotopic (exact) mass is 296 g/mol. The van der Waals surface area contributed by atoms with Gasteiger partial charge in [0.1, 0.15) is 6.10 Å². The Labute approximate surface area is 125 Å². The minimum absolute atomic E-state index is 0.0811. The maximum Gasteiger partial charge on any atom is 0.251 e. The molecule has 0 bridgehead atoms. The second kappa shape index (κ2) is 6.95. The van der Waals surface area contributed by atoms with Crippen molar-refractivity contribution in [2.75, 3.05) is 37.7 Å². The van der Waals surface area contributed by atoms with Gasteiger partial charge in [0.25, 0.3) is 5.91 Å². The van der Waals surface area contributed by atoms with Gasteiger partial charge in [-0.05, 0) is 32.0 Å². The van der Waals surface area contributed by atoms with E-state index in [2.05, 4.69) is 4.90 Å². The number of anilines is 1. The molecule has 1 aromatic rings. The number of hydrogen-bond acceptors (Lipinski definition) is 3. The van der Waals surface area contributed by atoms with Crippen molar-refractivity contribution >= 4 is 23.2 Å². The summed E-state index contributed by atoms with van der Waals surface area (Å²) in [5.74, 6) is 0.0811. The summed E-state index contributed by atoms with van der Waals surface area (Å²) in [7, 11) is 0. The highest BCUT2D eigenvalue weighted by atomic mass is 35.5. The van der Waals surface area contributed by atoms with Crippen LogP contribution in [0.5, 0.6) is 0 Å². The maximum absolute atomic E-state index is 12.1. The molecule has 1 amide bonds. The summed E-state index contributed by atoms with van der Waals surface area (Å²) < 4.78 is 5.36. The Bertz CT molecular complexity index is 459. The van der Waals surface area contributed by atoms with Gasteiger partial charge in [0.05, 0.1) is 0 Å². The third kappa shape index (κ3) is 3.64. The average molecular weight is 297 g/mol. The van der Waals surface area contributed by atoms with Gasteiger partial charge in [-0.2, -0.15) is 0 Å². The molecule has 2 rings (SSSR count). The number of hydrogen-bond donors (Lipinski definition) is 0. The number of ether oxygens (including phenoxy) is 1. The van der Waals surface area contributed by atoms with Gasteiger partial charge in [0, 0.05) is 43.5 Å². The number of benzene rings is 1. The smallest absolute Gasteiger partial charge is 0.251 e. The maximum atomic E-state index is 12.1. The van der Waals surface area contributed by atoms with Crippen LogP contribution in [0.25, 0.3) is 0 Å². The van der Waals surface area contributed by atoms with Crippen molar-refractivity contribution in [2.45, 2.75) is 20.0 Å². The van der Waals surface area contributed by atoms with E-state index < -0.39 is 0 Å². The Balaban J connectivity index is 1.91. The van der Waals surface area contributed by atoms with E-state index in [1.807, 2.05) is 43.0 Å². The fraction of sp³-hybridized carbons (Fsp3) is 0.533. The fourth-order valence-electron chi connectivity index (χ4n) is 2.44. The summed E-state index contributed by atoms with van der Waals surface area (Å²) >= 11 is 6.01. The van der Waals surface area contributed by atoms with Crippen LogP contribution < -0.4 is 4.90 Å². The third-order valence-electron chi connectivity index (χ3n) is 3.53. The highest BCUT2D eigenvalue weighted by molar-refractivity contribution is 6.30. The summed E-state index contributed by atoms with van der Waals surface area (Å²) in [6, 6.07) is 7.83. The minimum atomic E-state index is -0.349. The SMILES string of the molecule is CCOC(C)C(=O)N1CCN(c2cccc(Cl)c2)CC1. The van der Waals surface area contributed by atoms with Crippen molar-refractivity contribution in [3.8, 4) is 0 Å². The zero-order valence-corrected chi connectivity index (χ0v) is 12.8. The number of halogens is 1. The second-order valence-electron chi connectivity index (χ2n) is 4.89.